The number of carbonyl (C=O) groups is 1. The van der Waals surface area contributed by atoms with Crippen LogP contribution in [0.15, 0.2) is 12.4 Å². The van der Waals surface area contributed by atoms with E-state index in [0.29, 0.717) is 5.56 Å². The lowest BCUT2D eigenvalue weighted by molar-refractivity contribution is 0.0598. The summed E-state index contributed by atoms with van der Waals surface area (Å²) in [7, 11) is 1.36. The second-order valence-corrected chi connectivity index (χ2v) is 3.40. The molecule has 1 aromatic rings. The molecule has 0 unspecified atom stereocenters. The molecule has 0 fully saturated rings. The van der Waals surface area contributed by atoms with Gasteiger partial charge in [0.15, 0.2) is 0 Å². The average molecular weight is 192 g/mol. The number of esters is 1. The molecule has 1 aliphatic rings. The molecule has 2 N–H and O–H groups in total. The number of ether oxygens (including phenoxy) is 1. The monoisotopic (exact) mass is 192 g/mol. The molecule has 1 aliphatic carbocycles. The molecule has 2 rings (SSSR count). The van der Waals surface area contributed by atoms with E-state index < -0.39 is 0 Å². The van der Waals surface area contributed by atoms with Gasteiger partial charge in [-0.05, 0) is 24.0 Å². The summed E-state index contributed by atoms with van der Waals surface area (Å²) in [5.41, 5.74) is 8.39. The maximum absolute atomic E-state index is 11.4. The van der Waals surface area contributed by atoms with Crippen molar-refractivity contribution in [3.63, 3.8) is 0 Å². The van der Waals surface area contributed by atoms with Crippen LogP contribution in [0.1, 0.15) is 33.9 Å². The average Bonchev–Trinajstić information content (AvgIpc) is 2.59. The van der Waals surface area contributed by atoms with Crippen LogP contribution in [0.3, 0.4) is 0 Å². The van der Waals surface area contributed by atoms with Crippen LogP contribution in [0.4, 0.5) is 0 Å². The molecule has 0 spiro atoms. The molecular formula is C10H12N2O2. The number of methoxy groups -OCH3 is 1. The first-order valence-electron chi connectivity index (χ1n) is 4.54. The highest BCUT2D eigenvalue weighted by atomic mass is 16.5. The molecule has 4 nitrogen and oxygen atoms in total. The minimum Gasteiger partial charge on any atom is -0.465 e. The van der Waals surface area contributed by atoms with Crippen molar-refractivity contribution in [3.8, 4) is 0 Å². The van der Waals surface area contributed by atoms with E-state index in [1.807, 2.05) is 0 Å². The van der Waals surface area contributed by atoms with E-state index in [1.54, 1.807) is 6.20 Å². The normalized spacial score (nSPS) is 19.1. The third-order valence-corrected chi connectivity index (χ3v) is 2.57. The van der Waals surface area contributed by atoms with Crippen molar-refractivity contribution < 1.29 is 9.53 Å². The summed E-state index contributed by atoms with van der Waals surface area (Å²) in [4.78, 5) is 15.4. The quantitative estimate of drug-likeness (QED) is 0.669. The number of carbonyl (C=O) groups excluding carboxylic acids is 1. The summed E-state index contributed by atoms with van der Waals surface area (Å²) in [6.45, 7) is 0. The Balaban J connectivity index is 2.52. The molecule has 0 saturated carbocycles. The van der Waals surface area contributed by atoms with E-state index in [2.05, 4.69) is 9.72 Å². The number of nitrogens with two attached hydrogens (primary N) is 1. The fraction of sp³-hybridized carbons (Fsp3) is 0.400. The SMILES string of the molecule is COC(=O)c1cncc2c1[C@@H](N)CC2. The Labute approximate surface area is 82.1 Å². The molecule has 0 aromatic carbocycles. The summed E-state index contributed by atoms with van der Waals surface area (Å²) < 4.78 is 4.68. The van der Waals surface area contributed by atoms with Gasteiger partial charge in [-0.1, -0.05) is 0 Å². The Hall–Kier alpha value is -1.42. The second kappa shape index (κ2) is 3.38. The van der Waals surface area contributed by atoms with Crippen LogP contribution in [0.25, 0.3) is 0 Å². The number of pyridine rings is 1. The Kier molecular flexibility index (Phi) is 2.21. The maximum atomic E-state index is 11.4. The number of aromatic nitrogens is 1. The molecule has 0 amide bonds. The van der Waals surface area contributed by atoms with E-state index in [0.717, 1.165) is 24.0 Å². The number of fused-ring (bicyclic) bond motifs is 1. The predicted octanol–water partition coefficient (Wildman–Crippen LogP) is 0.814. The van der Waals surface area contributed by atoms with Gasteiger partial charge in [0.1, 0.15) is 0 Å². The third kappa shape index (κ3) is 1.28. The zero-order valence-corrected chi connectivity index (χ0v) is 7.99. The number of nitrogens with zero attached hydrogens (tertiary/aromatic N) is 1. The topological polar surface area (TPSA) is 65.2 Å². The van der Waals surface area contributed by atoms with E-state index >= 15 is 0 Å². The molecule has 0 saturated heterocycles. The van der Waals surface area contributed by atoms with Gasteiger partial charge in [-0.15, -0.1) is 0 Å². The highest BCUT2D eigenvalue weighted by molar-refractivity contribution is 5.91. The molecular weight excluding hydrogens is 180 g/mol. The molecule has 0 aliphatic heterocycles. The van der Waals surface area contributed by atoms with E-state index in [4.69, 9.17) is 5.73 Å². The minimum absolute atomic E-state index is 0.0536. The number of rotatable bonds is 1. The lowest BCUT2D eigenvalue weighted by atomic mass is 10.0. The van der Waals surface area contributed by atoms with Crippen molar-refractivity contribution in [3.05, 3.63) is 29.1 Å². The summed E-state index contributed by atoms with van der Waals surface area (Å²) >= 11 is 0. The van der Waals surface area contributed by atoms with Crippen molar-refractivity contribution in [2.45, 2.75) is 18.9 Å². The standard InChI is InChI=1S/C10H12N2O2/c1-14-10(13)7-5-12-4-6-2-3-8(11)9(6)7/h4-5,8H,2-3,11H2,1H3/t8-/m0/s1. The summed E-state index contributed by atoms with van der Waals surface area (Å²) in [6.07, 6.45) is 5.07. The molecule has 0 radical (unpaired) electrons. The van der Waals surface area contributed by atoms with Crippen LogP contribution >= 0.6 is 0 Å². The molecule has 1 aromatic heterocycles. The van der Waals surface area contributed by atoms with Gasteiger partial charge in [0.25, 0.3) is 0 Å². The van der Waals surface area contributed by atoms with Gasteiger partial charge in [0.2, 0.25) is 0 Å². The van der Waals surface area contributed by atoms with E-state index in [1.165, 1.54) is 13.3 Å². The third-order valence-electron chi connectivity index (χ3n) is 2.57. The van der Waals surface area contributed by atoms with Crippen molar-refractivity contribution in [2.24, 2.45) is 5.73 Å². The largest absolute Gasteiger partial charge is 0.465 e. The highest BCUT2D eigenvalue weighted by Gasteiger charge is 2.25. The molecule has 0 bridgehead atoms. The zero-order chi connectivity index (χ0) is 10.1. The Bertz CT molecular complexity index is 376. The minimum atomic E-state index is -0.355. The lowest BCUT2D eigenvalue weighted by Gasteiger charge is -2.09. The number of hydrogen-bond acceptors (Lipinski definition) is 4. The summed E-state index contributed by atoms with van der Waals surface area (Å²) in [6, 6.07) is -0.0536. The van der Waals surface area contributed by atoms with Gasteiger partial charge >= 0.3 is 5.97 Å². The van der Waals surface area contributed by atoms with Gasteiger partial charge in [-0.2, -0.15) is 0 Å². The number of aryl methyl sites for hydroxylation is 1. The molecule has 1 heterocycles. The molecule has 14 heavy (non-hydrogen) atoms. The lowest BCUT2D eigenvalue weighted by Crippen LogP contribution is -2.13. The van der Waals surface area contributed by atoms with Crippen molar-refractivity contribution in [1.82, 2.24) is 4.98 Å². The zero-order valence-electron chi connectivity index (χ0n) is 7.99. The highest BCUT2D eigenvalue weighted by Crippen LogP contribution is 2.31. The Morgan fingerprint density at radius 1 is 1.64 bits per heavy atom. The van der Waals surface area contributed by atoms with E-state index in [9.17, 15) is 4.79 Å². The van der Waals surface area contributed by atoms with Gasteiger partial charge in [0, 0.05) is 18.4 Å². The van der Waals surface area contributed by atoms with Crippen LogP contribution in [-0.4, -0.2) is 18.1 Å². The van der Waals surface area contributed by atoms with Gasteiger partial charge in [0.05, 0.1) is 12.7 Å². The van der Waals surface area contributed by atoms with Crippen LogP contribution < -0.4 is 5.73 Å². The first-order chi connectivity index (χ1) is 6.74. The van der Waals surface area contributed by atoms with Crippen LogP contribution in [0.2, 0.25) is 0 Å². The molecule has 1 atom stereocenters. The van der Waals surface area contributed by atoms with Crippen molar-refractivity contribution in [1.29, 1.82) is 0 Å². The smallest absolute Gasteiger partial charge is 0.339 e. The summed E-state index contributed by atoms with van der Waals surface area (Å²) in [5.74, 6) is -0.355. The van der Waals surface area contributed by atoms with Gasteiger partial charge in [-0.3, -0.25) is 4.98 Å². The first kappa shape index (κ1) is 9.15. The summed E-state index contributed by atoms with van der Waals surface area (Å²) in [5, 5.41) is 0. The molecule has 4 heteroatoms. The Morgan fingerprint density at radius 3 is 3.14 bits per heavy atom. The van der Waals surface area contributed by atoms with Crippen molar-refractivity contribution in [2.75, 3.05) is 7.11 Å². The predicted molar refractivity (Wildman–Crippen MR) is 50.8 cm³/mol. The first-order valence-corrected chi connectivity index (χ1v) is 4.54. The van der Waals surface area contributed by atoms with Gasteiger partial charge < -0.3 is 10.5 Å². The van der Waals surface area contributed by atoms with Crippen LogP contribution in [0.5, 0.6) is 0 Å². The maximum Gasteiger partial charge on any atom is 0.339 e. The Morgan fingerprint density at radius 2 is 2.43 bits per heavy atom. The second-order valence-electron chi connectivity index (χ2n) is 3.40. The van der Waals surface area contributed by atoms with E-state index in [-0.39, 0.29) is 12.0 Å². The van der Waals surface area contributed by atoms with Crippen LogP contribution in [-0.2, 0) is 11.2 Å². The fourth-order valence-corrected chi connectivity index (χ4v) is 1.88. The molecule has 74 valence electrons. The van der Waals surface area contributed by atoms with Crippen LogP contribution in [0, 0.1) is 0 Å². The number of hydrogen-bond donors (Lipinski definition) is 1. The fourth-order valence-electron chi connectivity index (χ4n) is 1.88. The van der Waals surface area contributed by atoms with Gasteiger partial charge in [-0.25, -0.2) is 4.79 Å². The van der Waals surface area contributed by atoms with Crippen molar-refractivity contribution >= 4 is 5.97 Å².